The minimum Gasteiger partial charge on any atom is -0.354 e. The smallest absolute Gasteiger partial charge is 0.330 e. The van der Waals surface area contributed by atoms with Crippen molar-refractivity contribution >= 4 is 0 Å². The molecule has 6 nitrogen and oxygen atoms in total. The summed E-state index contributed by atoms with van der Waals surface area (Å²) >= 11 is 0. The van der Waals surface area contributed by atoms with E-state index in [4.69, 9.17) is 4.74 Å². The summed E-state index contributed by atoms with van der Waals surface area (Å²) < 4.78 is 7.62. The normalized spacial score (nSPS) is 14.5. The number of nitrogens with one attached hydrogen (secondary N) is 1. The lowest BCUT2D eigenvalue weighted by Gasteiger charge is -2.38. The monoisotopic (exact) mass is 421 g/mol. The quantitative estimate of drug-likeness (QED) is 0.560. The van der Waals surface area contributed by atoms with Gasteiger partial charge in [0.1, 0.15) is 0 Å². The molecule has 3 aromatic rings. The van der Waals surface area contributed by atoms with Crippen molar-refractivity contribution in [2.75, 3.05) is 6.54 Å². The first-order chi connectivity index (χ1) is 14.9. The molecule has 2 aromatic carbocycles. The summed E-state index contributed by atoms with van der Waals surface area (Å²) in [4.78, 5) is 28.8. The molecule has 1 heterocycles. The minimum absolute atomic E-state index is 0.0770. The average Bonchev–Trinajstić information content (AvgIpc) is 2.77. The van der Waals surface area contributed by atoms with Crippen LogP contribution in [0.5, 0.6) is 0 Å². The summed E-state index contributed by atoms with van der Waals surface area (Å²) in [6, 6.07) is 22.1. The molecule has 0 saturated heterocycles. The Kier molecular flexibility index (Phi) is 7.60. The van der Waals surface area contributed by atoms with E-state index < -0.39 is 17.5 Å². The van der Waals surface area contributed by atoms with E-state index in [2.05, 4.69) is 48.0 Å². The largest absolute Gasteiger partial charge is 0.354 e. The van der Waals surface area contributed by atoms with Gasteiger partial charge in [-0.05, 0) is 38.8 Å². The van der Waals surface area contributed by atoms with E-state index >= 15 is 0 Å². The predicted molar refractivity (Wildman–Crippen MR) is 123 cm³/mol. The fourth-order valence-corrected chi connectivity index (χ4v) is 3.84. The van der Waals surface area contributed by atoms with Crippen LogP contribution in [0.3, 0.4) is 0 Å². The summed E-state index contributed by atoms with van der Waals surface area (Å²) in [6.45, 7) is 8.68. The van der Waals surface area contributed by atoms with Crippen molar-refractivity contribution in [1.82, 2.24) is 14.5 Å². The second-order valence-electron chi connectivity index (χ2n) is 8.03. The van der Waals surface area contributed by atoms with Gasteiger partial charge in [-0.1, -0.05) is 60.7 Å². The molecule has 0 saturated carbocycles. The minimum atomic E-state index is -0.554. The van der Waals surface area contributed by atoms with E-state index in [0.29, 0.717) is 6.54 Å². The zero-order chi connectivity index (χ0) is 22.4. The van der Waals surface area contributed by atoms with Crippen LogP contribution >= 0.6 is 0 Å². The number of aromatic nitrogens is 2. The van der Waals surface area contributed by atoms with E-state index in [1.54, 1.807) is 0 Å². The fraction of sp³-hybridized carbons (Fsp3) is 0.360. The molecule has 3 rings (SSSR count). The van der Waals surface area contributed by atoms with Crippen LogP contribution in [0.4, 0.5) is 0 Å². The second-order valence-corrected chi connectivity index (χ2v) is 8.03. The predicted octanol–water partition coefficient (Wildman–Crippen LogP) is 4.28. The molecule has 0 aliphatic rings. The number of rotatable bonds is 9. The van der Waals surface area contributed by atoms with Gasteiger partial charge in [-0.15, -0.1) is 0 Å². The van der Waals surface area contributed by atoms with Gasteiger partial charge in [0.15, 0.2) is 6.23 Å². The molecule has 3 atom stereocenters. The van der Waals surface area contributed by atoms with E-state index in [-0.39, 0.29) is 18.2 Å². The van der Waals surface area contributed by atoms with Crippen molar-refractivity contribution < 1.29 is 4.74 Å². The molecule has 164 valence electrons. The first-order valence-corrected chi connectivity index (χ1v) is 10.7. The molecule has 0 bridgehead atoms. The summed E-state index contributed by atoms with van der Waals surface area (Å²) in [6.07, 6.45) is 0.860. The lowest BCUT2D eigenvalue weighted by atomic mass is 10.0. The molecule has 1 aromatic heterocycles. The molecule has 0 spiro atoms. The molecule has 6 heteroatoms. The lowest BCUT2D eigenvalue weighted by molar-refractivity contribution is -0.0696. The molecular weight excluding hydrogens is 390 g/mol. The maximum absolute atomic E-state index is 12.5. The molecule has 0 aliphatic carbocycles. The highest BCUT2D eigenvalue weighted by atomic mass is 16.5. The molecular formula is C25H31N3O3. The van der Waals surface area contributed by atoms with Crippen molar-refractivity contribution in [3.8, 4) is 0 Å². The zero-order valence-corrected chi connectivity index (χ0v) is 18.6. The van der Waals surface area contributed by atoms with Gasteiger partial charge in [0.2, 0.25) is 0 Å². The number of hydrogen-bond acceptors (Lipinski definition) is 4. The number of ether oxygens (including phenoxy) is 1. The van der Waals surface area contributed by atoms with E-state index in [0.717, 1.165) is 0 Å². The molecule has 0 fully saturated rings. The van der Waals surface area contributed by atoms with Crippen LogP contribution in [-0.2, 0) is 4.74 Å². The fourth-order valence-electron chi connectivity index (χ4n) is 3.84. The number of nitrogens with zero attached hydrogens (tertiary/aromatic N) is 2. The summed E-state index contributed by atoms with van der Waals surface area (Å²) in [5.74, 6) is 0. The van der Waals surface area contributed by atoms with Crippen LogP contribution in [0.1, 0.15) is 57.1 Å². The van der Waals surface area contributed by atoms with Crippen LogP contribution in [0.15, 0.2) is 82.5 Å². The van der Waals surface area contributed by atoms with Crippen LogP contribution in [0.2, 0.25) is 0 Å². The number of benzene rings is 2. The second kappa shape index (κ2) is 10.4. The third kappa shape index (κ3) is 5.81. The maximum Gasteiger partial charge on any atom is 0.330 e. The van der Waals surface area contributed by atoms with Crippen molar-refractivity contribution in [3.63, 3.8) is 0 Å². The molecule has 0 radical (unpaired) electrons. The number of aromatic amines is 1. The maximum atomic E-state index is 12.5. The Hall–Kier alpha value is -2.96. The topological polar surface area (TPSA) is 67.3 Å². The Balaban J connectivity index is 2.01. The first kappa shape index (κ1) is 22.7. The Labute approximate surface area is 183 Å². The van der Waals surface area contributed by atoms with E-state index in [9.17, 15) is 9.59 Å². The van der Waals surface area contributed by atoms with Gasteiger partial charge in [-0.25, -0.2) is 4.79 Å². The van der Waals surface area contributed by atoms with Crippen molar-refractivity contribution in [2.24, 2.45) is 0 Å². The van der Waals surface area contributed by atoms with Crippen LogP contribution < -0.4 is 11.2 Å². The number of H-pyrrole nitrogens is 1. The zero-order valence-electron chi connectivity index (χ0n) is 18.6. The SMILES string of the molecule is CC(C)OC(CN([C@H](C)c1ccccc1)[C@H](C)c1ccccc1)n1ccc(=O)[nH]c1=O. The van der Waals surface area contributed by atoms with Crippen molar-refractivity contribution in [3.05, 3.63) is 105 Å². The third-order valence-corrected chi connectivity index (χ3v) is 5.52. The lowest BCUT2D eigenvalue weighted by Crippen LogP contribution is -2.41. The van der Waals surface area contributed by atoms with Gasteiger partial charge in [-0.2, -0.15) is 0 Å². The van der Waals surface area contributed by atoms with E-state index in [1.807, 2.05) is 50.2 Å². The molecule has 1 N–H and O–H groups in total. The summed E-state index contributed by atoms with van der Waals surface area (Å²) in [7, 11) is 0. The van der Waals surface area contributed by atoms with Crippen LogP contribution in [0, 0.1) is 0 Å². The Morgan fingerprint density at radius 3 is 1.81 bits per heavy atom. The molecule has 0 aliphatic heterocycles. The van der Waals surface area contributed by atoms with Gasteiger partial charge in [0.25, 0.3) is 5.56 Å². The Morgan fingerprint density at radius 2 is 1.35 bits per heavy atom. The molecule has 0 amide bonds. The summed E-state index contributed by atoms with van der Waals surface area (Å²) in [5.41, 5.74) is 1.47. The third-order valence-electron chi connectivity index (χ3n) is 5.52. The highest BCUT2D eigenvalue weighted by Gasteiger charge is 2.28. The van der Waals surface area contributed by atoms with Gasteiger partial charge in [-0.3, -0.25) is 19.2 Å². The molecule has 1 unspecified atom stereocenters. The first-order valence-electron chi connectivity index (χ1n) is 10.7. The highest BCUT2D eigenvalue weighted by Crippen LogP contribution is 2.32. The van der Waals surface area contributed by atoms with Gasteiger partial charge in [0.05, 0.1) is 6.10 Å². The molecule has 31 heavy (non-hydrogen) atoms. The highest BCUT2D eigenvalue weighted by molar-refractivity contribution is 5.22. The van der Waals surface area contributed by atoms with Crippen molar-refractivity contribution in [2.45, 2.75) is 52.1 Å². The van der Waals surface area contributed by atoms with Crippen LogP contribution in [0.25, 0.3) is 0 Å². The van der Waals surface area contributed by atoms with Crippen molar-refractivity contribution in [1.29, 1.82) is 0 Å². The Bertz CT molecular complexity index is 1010. The van der Waals surface area contributed by atoms with Gasteiger partial charge in [0, 0.05) is 30.9 Å². The Morgan fingerprint density at radius 1 is 0.839 bits per heavy atom. The summed E-state index contributed by atoms with van der Waals surface area (Å²) in [5, 5.41) is 0. The standard InChI is InChI=1S/C25H31N3O3/c1-18(2)31-24(27-16-15-23(29)26-25(27)30)17-28(19(3)21-11-7-5-8-12-21)20(4)22-13-9-6-10-14-22/h5-16,18-20,24H,17H2,1-4H3,(H,26,29,30)/t19-,20-,24?/m1/s1. The number of hydrogen-bond donors (Lipinski definition) is 1. The van der Waals surface area contributed by atoms with Crippen LogP contribution in [-0.4, -0.2) is 27.1 Å². The van der Waals surface area contributed by atoms with E-state index in [1.165, 1.54) is 28.0 Å². The average molecular weight is 422 g/mol. The van der Waals surface area contributed by atoms with Gasteiger partial charge >= 0.3 is 5.69 Å². The van der Waals surface area contributed by atoms with Gasteiger partial charge < -0.3 is 4.74 Å².